The molecule has 1 heterocycles. The smallest absolute Gasteiger partial charge is 0.241 e. The number of sulfone groups is 1. The highest BCUT2D eigenvalue weighted by Gasteiger charge is 2.20. The van der Waals surface area contributed by atoms with Crippen LogP contribution in [0.5, 0.6) is 0 Å². The van der Waals surface area contributed by atoms with Crippen molar-refractivity contribution >= 4 is 43.8 Å². The Morgan fingerprint density at radius 2 is 1.84 bits per heavy atom. The van der Waals surface area contributed by atoms with Crippen molar-refractivity contribution in [2.45, 2.75) is 32.9 Å². The lowest BCUT2D eigenvalue weighted by molar-refractivity contribution is -0.113. The Labute approximate surface area is 156 Å². The van der Waals surface area contributed by atoms with Gasteiger partial charge in [-0.2, -0.15) is 0 Å². The van der Waals surface area contributed by atoms with E-state index < -0.39 is 21.5 Å². The molecule has 0 spiro atoms. The highest BCUT2D eigenvalue weighted by molar-refractivity contribution is 7.91. The summed E-state index contributed by atoms with van der Waals surface area (Å²) in [4.78, 5) is 12.0. The lowest BCUT2D eigenvalue weighted by Gasteiger charge is -2.14. The fourth-order valence-electron chi connectivity index (χ4n) is 2.07. The fraction of sp³-hybridized carbons (Fsp3) is 0.438. The molecule has 1 aromatic carbocycles. The Bertz CT molecular complexity index is 840. The molecule has 136 valence electrons. The number of nitrogens with one attached hydrogen (secondary N) is 1. The van der Waals surface area contributed by atoms with E-state index >= 15 is 0 Å². The molecule has 6 nitrogen and oxygen atoms in total. The van der Waals surface area contributed by atoms with Gasteiger partial charge in [-0.3, -0.25) is 10.1 Å². The van der Waals surface area contributed by atoms with Gasteiger partial charge in [0.25, 0.3) is 0 Å². The number of amides is 1. The number of benzene rings is 1. The number of nitrogens with zero attached hydrogens (tertiary/aromatic N) is 2. The van der Waals surface area contributed by atoms with Crippen LogP contribution in [0.4, 0.5) is 5.13 Å². The molecule has 0 saturated heterocycles. The van der Waals surface area contributed by atoms with Crippen LogP contribution in [0.2, 0.25) is 5.02 Å². The molecular formula is C16H20ClN3O3S2. The molecule has 1 aromatic heterocycles. The van der Waals surface area contributed by atoms with Crippen LogP contribution in [0.3, 0.4) is 0 Å². The number of hydrogen-bond donors (Lipinski definition) is 1. The summed E-state index contributed by atoms with van der Waals surface area (Å²) in [5.41, 5.74) is 0.642. The zero-order valence-corrected chi connectivity index (χ0v) is 16.6. The predicted octanol–water partition coefficient (Wildman–Crippen LogP) is 3.33. The van der Waals surface area contributed by atoms with Crippen LogP contribution >= 0.6 is 22.9 Å². The predicted molar refractivity (Wildman–Crippen MR) is 101 cm³/mol. The van der Waals surface area contributed by atoms with Crippen molar-refractivity contribution < 1.29 is 13.2 Å². The Balaban J connectivity index is 1.93. The molecule has 2 aromatic rings. The zero-order chi connectivity index (χ0) is 18.7. The lowest BCUT2D eigenvalue weighted by atomic mass is 9.93. The quantitative estimate of drug-likeness (QED) is 0.801. The molecule has 1 amide bonds. The second kappa shape index (κ2) is 7.80. The van der Waals surface area contributed by atoms with Crippen molar-refractivity contribution in [2.75, 3.05) is 11.1 Å². The van der Waals surface area contributed by atoms with E-state index in [1.54, 1.807) is 24.3 Å². The third kappa shape index (κ3) is 7.09. The number of hydrogen-bond acceptors (Lipinski definition) is 6. The van der Waals surface area contributed by atoms with E-state index in [9.17, 15) is 13.2 Å². The Kier molecular flexibility index (Phi) is 6.18. The van der Waals surface area contributed by atoms with E-state index in [0.717, 1.165) is 11.4 Å². The first-order valence-electron chi connectivity index (χ1n) is 7.59. The highest BCUT2D eigenvalue weighted by Crippen LogP contribution is 2.24. The average Bonchev–Trinajstić information content (AvgIpc) is 2.85. The monoisotopic (exact) mass is 401 g/mol. The Hall–Kier alpha value is -1.51. The molecule has 1 N–H and O–H groups in total. The van der Waals surface area contributed by atoms with Crippen LogP contribution in [-0.2, 0) is 26.8 Å². The van der Waals surface area contributed by atoms with Gasteiger partial charge in [0.05, 0.1) is 5.75 Å². The molecule has 0 radical (unpaired) electrons. The van der Waals surface area contributed by atoms with Crippen LogP contribution in [0.15, 0.2) is 24.3 Å². The first-order chi connectivity index (χ1) is 11.5. The van der Waals surface area contributed by atoms with E-state index in [2.05, 4.69) is 36.3 Å². The normalized spacial score (nSPS) is 12.2. The van der Waals surface area contributed by atoms with Crippen molar-refractivity contribution in [2.24, 2.45) is 5.41 Å². The molecule has 0 atom stereocenters. The van der Waals surface area contributed by atoms with Gasteiger partial charge >= 0.3 is 0 Å². The maximum absolute atomic E-state index is 12.2. The Morgan fingerprint density at radius 1 is 1.20 bits per heavy atom. The average molecular weight is 402 g/mol. The Morgan fingerprint density at radius 3 is 2.44 bits per heavy atom. The van der Waals surface area contributed by atoms with Crippen LogP contribution in [0.25, 0.3) is 0 Å². The lowest BCUT2D eigenvalue weighted by Crippen LogP contribution is -2.23. The first kappa shape index (κ1) is 19.8. The third-order valence-corrected chi connectivity index (χ3v) is 5.61. The molecule has 0 aliphatic heterocycles. The van der Waals surface area contributed by atoms with Gasteiger partial charge in [0.2, 0.25) is 11.0 Å². The minimum Gasteiger partial charge on any atom is -0.300 e. The van der Waals surface area contributed by atoms with Crippen molar-refractivity contribution in [1.29, 1.82) is 0 Å². The van der Waals surface area contributed by atoms with Crippen LogP contribution in [0.1, 0.15) is 31.3 Å². The van der Waals surface area contributed by atoms with Gasteiger partial charge in [-0.1, -0.05) is 55.8 Å². The van der Waals surface area contributed by atoms with Crippen LogP contribution < -0.4 is 5.32 Å². The topological polar surface area (TPSA) is 89.0 Å². The SMILES string of the molecule is CC(C)(C)Cc1nnc(NC(=O)CS(=O)(=O)Cc2ccc(Cl)cc2)s1. The molecule has 0 fully saturated rings. The summed E-state index contributed by atoms with van der Waals surface area (Å²) in [6, 6.07) is 6.48. The number of carbonyl (C=O) groups is 1. The summed E-state index contributed by atoms with van der Waals surface area (Å²) in [5.74, 6) is -1.44. The largest absolute Gasteiger partial charge is 0.300 e. The van der Waals surface area contributed by atoms with Gasteiger partial charge in [-0.15, -0.1) is 10.2 Å². The molecule has 25 heavy (non-hydrogen) atoms. The van der Waals surface area contributed by atoms with Gasteiger partial charge in [0.15, 0.2) is 9.84 Å². The van der Waals surface area contributed by atoms with Gasteiger partial charge in [-0.25, -0.2) is 8.42 Å². The minimum atomic E-state index is -3.59. The fourth-order valence-corrected chi connectivity index (χ4v) is 4.53. The van der Waals surface area contributed by atoms with Gasteiger partial charge in [-0.05, 0) is 23.1 Å². The van der Waals surface area contributed by atoms with Crippen molar-refractivity contribution in [3.05, 3.63) is 39.9 Å². The molecule has 0 aliphatic rings. The molecular weight excluding hydrogens is 382 g/mol. The number of carbonyl (C=O) groups excluding carboxylic acids is 1. The second-order valence-corrected chi connectivity index (χ2v) is 10.5. The summed E-state index contributed by atoms with van der Waals surface area (Å²) in [7, 11) is -3.59. The standard InChI is InChI=1S/C16H20ClN3O3S2/c1-16(2,3)8-14-19-20-15(24-14)18-13(21)10-25(22,23)9-11-4-6-12(17)7-5-11/h4-7H,8-10H2,1-3H3,(H,18,20,21). The third-order valence-electron chi connectivity index (χ3n) is 3.05. The van der Waals surface area contributed by atoms with Crippen LogP contribution in [-0.4, -0.2) is 30.3 Å². The van der Waals surface area contributed by atoms with Crippen molar-refractivity contribution in [3.8, 4) is 0 Å². The van der Waals surface area contributed by atoms with E-state index in [1.807, 2.05) is 0 Å². The van der Waals surface area contributed by atoms with Gasteiger partial charge in [0.1, 0.15) is 10.8 Å². The number of aromatic nitrogens is 2. The maximum Gasteiger partial charge on any atom is 0.241 e. The van der Waals surface area contributed by atoms with E-state index in [4.69, 9.17) is 11.6 Å². The van der Waals surface area contributed by atoms with Crippen LogP contribution in [0, 0.1) is 5.41 Å². The zero-order valence-electron chi connectivity index (χ0n) is 14.2. The van der Waals surface area contributed by atoms with Crippen molar-refractivity contribution in [1.82, 2.24) is 10.2 Å². The molecule has 0 aliphatic carbocycles. The molecule has 9 heteroatoms. The summed E-state index contributed by atoms with van der Waals surface area (Å²) < 4.78 is 24.3. The van der Waals surface area contributed by atoms with E-state index in [0.29, 0.717) is 15.7 Å². The summed E-state index contributed by atoms with van der Waals surface area (Å²) in [6.45, 7) is 6.24. The highest BCUT2D eigenvalue weighted by atomic mass is 35.5. The molecule has 0 bridgehead atoms. The van der Waals surface area contributed by atoms with E-state index in [-0.39, 0.29) is 11.2 Å². The summed E-state index contributed by atoms with van der Waals surface area (Å²) in [5, 5.41) is 12.1. The molecule has 0 saturated carbocycles. The number of halogens is 1. The summed E-state index contributed by atoms with van der Waals surface area (Å²) >= 11 is 7.03. The molecule has 2 rings (SSSR count). The minimum absolute atomic E-state index is 0.0583. The van der Waals surface area contributed by atoms with Crippen molar-refractivity contribution in [3.63, 3.8) is 0 Å². The number of rotatable bonds is 6. The summed E-state index contributed by atoms with van der Waals surface area (Å²) in [6.07, 6.45) is 0.732. The van der Waals surface area contributed by atoms with E-state index in [1.165, 1.54) is 11.3 Å². The van der Waals surface area contributed by atoms with Gasteiger partial charge < -0.3 is 0 Å². The second-order valence-electron chi connectivity index (χ2n) is 6.95. The number of anilines is 1. The molecule has 0 unspecified atom stereocenters. The maximum atomic E-state index is 12.2. The first-order valence-corrected chi connectivity index (χ1v) is 10.6. The van der Waals surface area contributed by atoms with Gasteiger partial charge in [0, 0.05) is 11.4 Å².